The van der Waals surface area contributed by atoms with Crippen LogP contribution in [0, 0.1) is 0 Å². The second-order valence-corrected chi connectivity index (χ2v) is 5.95. The molecule has 1 N–H and O–H groups in total. The maximum absolute atomic E-state index is 12.1. The van der Waals surface area contributed by atoms with Gasteiger partial charge < -0.3 is 4.74 Å². The predicted molar refractivity (Wildman–Crippen MR) is 83.1 cm³/mol. The Morgan fingerprint density at radius 3 is 2.74 bits per heavy atom. The highest BCUT2D eigenvalue weighted by atomic mass is 35.5. The number of amides is 1. The molecule has 0 aliphatic rings. The van der Waals surface area contributed by atoms with Gasteiger partial charge in [-0.2, -0.15) is 0 Å². The van der Waals surface area contributed by atoms with Gasteiger partial charge in [0.25, 0.3) is 11.1 Å². The van der Waals surface area contributed by atoms with E-state index in [0.29, 0.717) is 9.90 Å². The van der Waals surface area contributed by atoms with Gasteiger partial charge in [-0.05, 0) is 32.1 Å². The molecular formula is C13H12ClNO2S2. The van der Waals surface area contributed by atoms with Crippen molar-refractivity contribution in [1.82, 2.24) is 5.32 Å². The number of halogens is 1. The lowest BCUT2D eigenvalue weighted by Crippen LogP contribution is -2.32. The fourth-order valence-corrected chi connectivity index (χ4v) is 3.25. The van der Waals surface area contributed by atoms with Crippen molar-refractivity contribution in [3.8, 4) is 0 Å². The van der Waals surface area contributed by atoms with E-state index in [1.807, 2.05) is 38.1 Å². The van der Waals surface area contributed by atoms with Gasteiger partial charge in [-0.15, -0.1) is 11.3 Å². The van der Waals surface area contributed by atoms with Crippen LogP contribution < -0.4 is 5.32 Å². The van der Waals surface area contributed by atoms with E-state index < -0.39 is 0 Å². The zero-order valence-corrected chi connectivity index (χ0v) is 12.8. The first kappa shape index (κ1) is 14.2. The van der Waals surface area contributed by atoms with E-state index in [4.69, 9.17) is 28.6 Å². The van der Waals surface area contributed by atoms with Gasteiger partial charge in [0.05, 0.1) is 11.1 Å². The third-order valence-corrected chi connectivity index (χ3v) is 4.17. The molecule has 2 aromatic rings. The molecule has 0 atom stereocenters. The number of benzene rings is 1. The third-order valence-electron chi connectivity index (χ3n) is 2.30. The van der Waals surface area contributed by atoms with Gasteiger partial charge in [0.2, 0.25) is 0 Å². The number of carbonyl (C=O) groups excluding carboxylic acids is 1. The Kier molecular flexibility index (Phi) is 4.39. The lowest BCUT2D eigenvalue weighted by molar-refractivity contribution is 0.0967. The molecule has 0 unspecified atom stereocenters. The number of hydrogen-bond donors (Lipinski definition) is 1. The van der Waals surface area contributed by atoms with Crippen LogP contribution in [0.15, 0.2) is 24.3 Å². The van der Waals surface area contributed by atoms with Crippen molar-refractivity contribution in [3.63, 3.8) is 0 Å². The second kappa shape index (κ2) is 5.86. The smallest absolute Gasteiger partial charge is 0.270 e. The van der Waals surface area contributed by atoms with E-state index in [2.05, 4.69) is 5.32 Å². The minimum Gasteiger partial charge on any atom is -0.468 e. The van der Waals surface area contributed by atoms with Crippen LogP contribution in [0.25, 0.3) is 10.1 Å². The number of thiophene rings is 1. The summed E-state index contributed by atoms with van der Waals surface area (Å²) in [4.78, 5) is 12.5. The fraction of sp³-hybridized carbons (Fsp3) is 0.231. The molecule has 1 heterocycles. The summed E-state index contributed by atoms with van der Waals surface area (Å²) in [7, 11) is 0. The summed E-state index contributed by atoms with van der Waals surface area (Å²) < 4.78 is 6.18. The number of hydrogen-bond acceptors (Lipinski definition) is 4. The lowest BCUT2D eigenvalue weighted by Gasteiger charge is -2.10. The Hall–Kier alpha value is -1.17. The number of fused-ring (bicyclic) bond motifs is 1. The van der Waals surface area contributed by atoms with Crippen molar-refractivity contribution in [2.75, 3.05) is 0 Å². The summed E-state index contributed by atoms with van der Waals surface area (Å²) >= 11 is 12.5. The van der Waals surface area contributed by atoms with Gasteiger partial charge in [0.1, 0.15) is 4.88 Å². The average Bonchev–Trinajstić information content (AvgIpc) is 2.66. The molecule has 1 amide bonds. The van der Waals surface area contributed by atoms with Gasteiger partial charge in [-0.1, -0.05) is 29.8 Å². The van der Waals surface area contributed by atoms with Crippen LogP contribution in [-0.4, -0.2) is 17.2 Å². The van der Waals surface area contributed by atoms with E-state index in [0.717, 1.165) is 10.1 Å². The van der Waals surface area contributed by atoms with Crippen molar-refractivity contribution in [1.29, 1.82) is 0 Å². The van der Waals surface area contributed by atoms with Crippen LogP contribution in [0.1, 0.15) is 23.5 Å². The standard InChI is InChI=1S/C13H12ClNO2S2/c1-7(2)17-13(18)15-12(16)11-10(14)8-5-3-4-6-9(8)19-11/h3-7H,1-2H3,(H,15,16,18). The van der Waals surface area contributed by atoms with Crippen LogP contribution >= 0.6 is 35.2 Å². The fourth-order valence-electron chi connectivity index (χ4n) is 1.55. The molecule has 19 heavy (non-hydrogen) atoms. The second-order valence-electron chi connectivity index (χ2n) is 4.15. The predicted octanol–water partition coefficient (Wildman–Crippen LogP) is 3.99. The Morgan fingerprint density at radius 2 is 2.11 bits per heavy atom. The van der Waals surface area contributed by atoms with Gasteiger partial charge >= 0.3 is 0 Å². The Labute approximate surface area is 125 Å². The van der Waals surface area contributed by atoms with Gasteiger partial charge in [-0.3, -0.25) is 10.1 Å². The quantitative estimate of drug-likeness (QED) is 0.852. The molecule has 6 heteroatoms. The van der Waals surface area contributed by atoms with Crippen LogP contribution in [0.3, 0.4) is 0 Å². The average molecular weight is 314 g/mol. The third kappa shape index (κ3) is 3.23. The molecule has 1 aromatic heterocycles. The Bertz CT molecular complexity index is 637. The maximum atomic E-state index is 12.1. The molecule has 0 bridgehead atoms. The molecule has 0 aliphatic heterocycles. The first-order valence-corrected chi connectivity index (χ1v) is 7.28. The number of rotatable bonds is 2. The van der Waals surface area contributed by atoms with E-state index in [-0.39, 0.29) is 17.2 Å². The maximum Gasteiger partial charge on any atom is 0.270 e. The number of nitrogens with one attached hydrogen (secondary N) is 1. The summed E-state index contributed by atoms with van der Waals surface area (Å²) in [6.07, 6.45) is -0.0781. The molecule has 0 fully saturated rings. The van der Waals surface area contributed by atoms with E-state index in [1.165, 1.54) is 11.3 Å². The van der Waals surface area contributed by atoms with E-state index in [9.17, 15) is 4.79 Å². The van der Waals surface area contributed by atoms with Gasteiger partial charge in [-0.25, -0.2) is 0 Å². The largest absolute Gasteiger partial charge is 0.468 e. The van der Waals surface area contributed by atoms with Crippen LogP contribution in [0.2, 0.25) is 5.02 Å². The van der Waals surface area contributed by atoms with E-state index >= 15 is 0 Å². The van der Waals surface area contributed by atoms with Crippen molar-refractivity contribution < 1.29 is 9.53 Å². The Balaban J connectivity index is 2.22. The molecule has 0 aliphatic carbocycles. The molecule has 100 valence electrons. The SMILES string of the molecule is CC(C)OC(=S)NC(=O)c1sc2ccccc2c1Cl. The van der Waals surface area contributed by atoms with Crippen LogP contribution in [0.5, 0.6) is 0 Å². The van der Waals surface area contributed by atoms with Gasteiger partial charge in [0, 0.05) is 10.1 Å². The zero-order valence-electron chi connectivity index (χ0n) is 10.4. The Morgan fingerprint density at radius 1 is 1.42 bits per heavy atom. The zero-order chi connectivity index (χ0) is 14.0. The first-order valence-electron chi connectivity index (χ1n) is 5.68. The lowest BCUT2D eigenvalue weighted by atomic mass is 10.2. The van der Waals surface area contributed by atoms with Crippen molar-refractivity contribution in [2.24, 2.45) is 0 Å². The summed E-state index contributed by atoms with van der Waals surface area (Å²) in [6, 6.07) is 7.60. The summed E-state index contributed by atoms with van der Waals surface area (Å²) in [6.45, 7) is 3.68. The molecular weight excluding hydrogens is 302 g/mol. The summed E-state index contributed by atoms with van der Waals surface area (Å²) in [5, 5.41) is 3.91. The monoisotopic (exact) mass is 313 g/mol. The molecule has 0 radical (unpaired) electrons. The minimum absolute atomic E-state index is 0.0634. The molecule has 0 spiro atoms. The van der Waals surface area contributed by atoms with Crippen molar-refractivity contribution in [3.05, 3.63) is 34.2 Å². The number of ether oxygens (including phenoxy) is 1. The van der Waals surface area contributed by atoms with Crippen molar-refractivity contribution >= 4 is 56.3 Å². The van der Waals surface area contributed by atoms with Crippen LogP contribution in [0.4, 0.5) is 0 Å². The molecule has 2 rings (SSSR count). The summed E-state index contributed by atoms with van der Waals surface area (Å²) in [5.74, 6) is -0.336. The van der Waals surface area contributed by atoms with E-state index in [1.54, 1.807) is 0 Å². The highest BCUT2D eigenvalue weighted by molar-refractivity contribution is 7.80. The normalized spacial score (nSPS) is 10.7. The van der Waals surface area contributed by atoms with Crippen molar-refractivity contribution in [2.45, 2.75) is 20.0 Å². The van der Waals surface area contributed by atoms with Crippen LogP contribution in [-0.2, 0) is 4.74 Å². The molecule has 3 nitrogen and oxygen atoms in total. The molecule has 1 aromatic carbocycles. The highest BCUT2D eigenvalue weighted by Crippen LogP contribution is 2.34. The number of thiocarbonyl (C=S) groups is 1. The molecule has 0 saturated carbocycles. The summed E-state index contributed by atoms with van der Waals surface area (Å²) in [5.41, 5.74) is 0. The highest BCUT2D eigenvalue weighted by Gasteiger charge is 2.18. The van der Waals surface area contributed by atoms with Gasteiger partial charge in [0.15, 0.2) is 0 Å². The number of carbonyl (C=O) groups is 1. The topological polar surface area (TPSA) is 38.3 Å². The molecule has 0 saturated heterocycles. The first-order chi connectivity index (χ1) is 8.99. The minimum atomic E-state index is -0.336.